The van der Waals surface area contributed by atoms with Gasteiger partial charge in [-0.3, -0.25) is 4.40 Å². The van der Waals surface area contributed by atoms with Crippen molar-refractivity contribution < 1.29 is 0 Å². The topological polar surface area (TPSA) is 35.1 Å². The van der Waals surface area contributed by atoms with Crippen LogP contribution >= 0.6 is 11.3 Å². The summed E-state index contributed by atoms with van der Waals surface area (Å²) in [6.07, 6.45) is 0. The van der Waals surface area contributed by atoms with Crippen molar-refractivity contribution >= 4 is 103 Å². The summed E-state index contributed by atoms with van der Waals surface area (Å²) in [6, 6.07) is 52.6. The Morgan fingerprint density at radius 3 is 2.08 bits per heavy atom. The van der Waals surface area contributed by atoms with Crippen molar-refractivity contribution in [3.63, 3.8) is 0 Å². The summed E-state index contributed by atoms with van der Waals surface area (Å²) in [5, 5.41) is 8.77. The highest BCUT2D eigenvalue weighted by molar-refractivity contribution is 7.26. The molecule has 0 aliphatic carbocycles. The number of fused-ring (bicyclic) bond motifs is 14. The van der Waals surface area contributed by atoms with Gasteiger partial charge in [-0.15, -0.1) is 11.3 Å². The molecule has 226 valence electrons. The number of aromatic nitrogens is 4. The zero-order chi connectivity index (χ0) is 31.8. The van der Waals surface area contributed by atoms with Gasteiger partial charge in [0, 0.05) is 52.8 Å². The SMILES string of the molecule is c1ccc(-n2c3ccccc3c3ccc(-c4ccc5c(c4)c4cc6c7ccccc7sc6c6c7nc8ccccc8nc7n5c46)cc32)cc1. The lowest BCUT2D eigenvalue weighted by atomic mass is 10.00. The molecule has 0 spiro atoms. The normalized spacial score (nSPS) is 12.5. The molecular formula is C44H24N4S. The molecule has 0 saturated heterocycles. The first kappa shape index (κ1) is 25.7. The smallest absolute Gasteiger partial charge is 0.165 e. The van der Waals surface area contributed by atoms with Crippen LogP contribution in [0.4, 0.5) is 0 Å². The summed E-state index contributed by atoms with van der Waals surface area (Å²) in [5.41, 5.74) is 12.1. The first-order valence-electron chi connectivity index (χ1n) is 16.6. The Balaban J connectivity index is 1.19. The molecule has 12 aromatic rings. The molecular weight excluding hydrogens is 617 g/mol. The summed E-state index contributed by atoms with van der Waals surface area (Å²) in [6.45, 7) is 0. The van der Waals surface area contributed by atoms with Gasteiger partial charge in [0.1, 0.15) is 5.52 Å². The minimum absolute atomic E-state index is 0.912. The molecule has 0 radical (unpaired) electrons. The first-order chi connectivity index (χ1) is 24.3. The molecule has 0 fully saturated rings. The highest BCUT2D eigenvalue weighted by Crippen LogP contribution is 2.47. The summed E-state index contributed by atoms with van der Waals surface area (Å²) < 4.78 is 7.32. The lowest BCUT2D eigenvalue weighted by molar-refractivity contribution is 1.18. The lowest BCUT2D eigenvalue weighted by Crippen LogP contribution is -1.93. The molecule has 0 amide bonds. The number of hydrogen-bond donors (Lipinski definition) is 0. The van der Waals surface area contributed by atoms with Gasteiger partial charge < -0.3 is 4.57 Å². The fourth-order valence-corrected chi connectivity index (χ4v) is 9.52. The van der Waals surface area contributed by atoms with Crippen LogP contribution in [0, 0.1) is 0 Å². The number of thiophene rings is 1. The third-order valence-corrected chi connectivity index (χ3v) is 11.6. The van der Waals surface area contributed by atoms with Crippen LogP contribution in [-0.4, -0.2) is 18.9 Å². The maximum Gasteiger partial charge on any atom is 0.165 e. The Bertz CT molecular complexity index is 3330. The van der Waals surface area contributed by atoms with E-state index in [0.717, 1.165) is 27.7 Å². The maximum absolute atomic E-state index is 5.26. The Morgan fingerprint density at radius 1 is 0.469 bits per heavy atom. The van der Waals surface area contributed by atoms with E-state index < -0.39 is 0 Å². The molecule has 5 aromatic heterocycles. The van der Waals surface area contributed by atoms with E-state index in [1.54, 1.807) is 0 Å². The van der Waals surface area contributed by atoms with Crippen molar-refractivity contribution in [2.75, 3.05) is 0 Å². The molecule has 0 atom stereocenters. The fraction of sp³-hybridized carbons (Fsp3) is 0. The van der Waals surface area contributed by atoms with Crippen LogP contribution in [0.1, 0.15) is 0 Å². The average Bonchev–Trinajstić information content (AvgIpc) is 3.88. The molecule has 0 N–H and O–H groups in total. The number of hydrogen-bond acceptors (Lipinski definition) is 3. The highest BCUT2D eigenvalue weighted by atomic mass is 32.1. The summed E-state index contributed by atoms with van der Waals surface area (Å²) in [5.74, 6) is 0. The molecule has 12 rings (SSSR count). The van der Waals surface area contributed by atoms with Crippen molar-refractivity contribution in [1.82, 2.24) is 18.9 Å². The minimum Gasteiger partial charge on any atom is -0.309 e. The molecule has 0 aliphatic rings. The molecule has 0 unspecified atom stereocenters. The predicted octanol–water partition coefficient (Wildman–Crippen LogP) is 11.9. The van der Waals surface area contributed by atoms with Crippen molar-refractivity contribution in [3.8, 4) is 16.8 Å². The zero-order valence-electron chi connectivity index (χ0n) is 26.1. The van der Waals surface area contributed by atoms with E-state index >= 15 is 0 Å². The predicted molar refractivity (Wildman–Crippen MR) is 207 cm³/mol. The second-order valence-electron chi connectivity index (χ2n) is 13.0. The maximum atomic E-state index is 5.26. The van der Waals surface area contributed by atoms with Gasteiger partial charge in [-0.05, 0) is 71.8 Å². The van der Waals surface area contributed by atoms with Crippen LogP contribution in [0.25, 0.3) is 108 Å². The summed E-state index contributed by atoms with van der Waals surface area (Å²) in [7, 11) is 0. The van der Waals surface area contributed by atoms with Gasteiger partial charge in [0.05, 0.1) is 33.1 Å². The standard InChI is InChI=1S/C44H24N4S/c1-2-10-27(11-3-1)47-36-16-8-4-12-28(36)29-20-18-26(23-38(29)47)25-19-21-37-31(22-25)32-24-33-30-13-5-9-17-39(30)49-43(33)40-41-44(48(37)42(32)40)46-35-15-7-6-14-34(35)45-41/h1-24H. The zero-order valence-corrected chi connectivity index (χ0v) is 26.9. The molecule has 4 nitrogen and oxygen atoms in total. The van der Waals surface area contributed by atoms with Gasteiger partial charge >= 0.3 is 0 Å². The third kappa shape index (κ3) is 3.32. The highest BCUT2D eigenvalue weighted by Gasteiger charge is 2.24. The summed E-state index contributed by atoms with van der Waals surface area (Å²) in [4.78, 5) is 10.5. The molecule has 0 saturated carbocycles. The summed E-state index contributed by atoms with van der Waals surface area (Å²) >= 11 is 1.86. The van der Waals surface area contributed by atoms with Crippen LogP contribution < -0.4 is 0 Å². The Kier molecular flexibility index (Phi) is 4.83. The van der Waals surface area contributed by atoms with E-state index in [1.165, 1.54) is 80.5 Å². The molecule has 7 aromatic carbocycles. The average molecular weight is 641 g/mol. The van der Waals surface area contributed by atoms with E-state index in [0.29, 0.717) is 0 Å². The van der Waals surface area contributed by atoms with Crippen molar-refractivity contribution in [1.29, 1.82) is 0 Å². The second-order valence-corrected chi connectivity index (χ2v) is 14.0. The Labute approximate surface area is 283 Å². The molecule has 5 heterocycles. The number of rotatable bonds is 2. The quantitative estimate of drug-likeness (QED) is 0.188. The van der Waals surface area contributed by atoms with Crippen LogP contribution in [0.15, 0.2) is 146 Å². The fourth-order valence-electron chi connectivity index (χ4n) is 8.29. The Hall–Kier alpha value is -6.30. The van der Waals surface area contributed by atoms with Gasteiger partial charge in [0.15, 0.2) is 5.65 Å². The van der Waals surface area contributed by atoms with Gasteiger partial charge in [-0.25, -0.2) is 9.97 Å². The molecule has 49 heavy (non-hydrogen) atoms. The van der Waals surface area contributed by atoms with Crippen molar-refractivity contribution in [2.24, 2.45) is 0 Å². The van der Waals surface area contributed by atoms with Crippen molar-refractivity contribution in [3.05, 3.63) is 146 Å². The Morgan fingerprint density at radius 2 is 1.18 bits per heavy atom. The van der Waals surface area contributed by atoms with E-state index in [4.69, 9.17) is 9.97 Å². The van der Waals surface area contributed by atoms with Crippen LogP contribution in [0.3, 0.4) is 0 Å². The first-order valence-corrected chi connectivity index (χ1v) is 17.4. The minimum atomic E-state index is 0.912. The van der Waals surface area contributed by atoms with Crippen LogP contribution in [0.5, 0.6) is 0 Å². The molecule has 0 bridgehead atoms. The second kappa shape index (κ2) is 9.19. The van der Waals surface area contributed by atoms with Crippen LogP contribution in [-0.2, 0) is 0 Å². The van der Waals surface area contributed by atoms with E-state index in [1.807, 2.05) is 23.5 Å². The third-order valence-electron chi connectivity index (χ3n) is 10.4. The number of para-hydroxylation sites is 4. The number of benzene rings is 7. The molecule has 0 aliphatic heterocycles. The van der Waals surface area contributed by atoms with Crippen LogP contribution in [0.2, 0.25) is 0 Å². The van der Waals surface area contributed by atoms with Gasteiger partial charge in [-0.1, -0.05) is 84.9 Å². The molecule has 5 heteroatoms. The lowest BCUT2D eigenvalue weighted by Gasteiger charge is -2.09. The monoisotopic (exact) mass is 640 g/mol. The van der Waals surface area contributed by atoms with Crippen molar-refractivity contribution in [2.45, 2.75) is 0 Å². The van der Waals surface area contributed by atoms with Gasteiger partial charge in [0.2, 0.25) is 0 Å². The van der Waals surface area contributed by atoms with Gasteiger partial charge in [-0.2, -0.15) is 0 Å². The van der Waals surface area contributed by atoms with E-state index in [-0.39, 0.29) is 0 Å². The largest absolute Gasteiger partial charge is 0.309 e. The van der Waals surface area contributed by atoms with Gasteiger partial charge in [0.25, 0.3) is 0 Å². The number of nitrogens with zero attached hydrogens (tertiary/aromatic N) is 4. The van der Waals surface area contributed by atoms with E-state index in [2.05, 4.69) is 142 Å². The van der Waals surface area contributed by atoms with E-state index in [9.17, 15) is 0 Å².